The molecule has 12 nitrogen and oxygen atoms in total. The Morgan fingerprint density at radius 1 is 1.11 bits per heavy atom. The van der Waals surface area contributed by atoms with E-state index in [0.717, 1.165) is 55.0 Å². The molecule has 2 aromatic heterocycles. The number of nitrogens with one attached hydrogen (secondary N) is 2. The number of carbonyl (C=O) groups excluding carboxylic acids is 1. The van der Waals surface area contributed by atoms with E-state index in [1.807, 2.05) is 32.0 Å². The van der Waals surface area contributed by atoms with Crippen LogP contribution >= 0.6 is 0 Å². The lowest BCUT2D eigenvalue weighted by atomic mass is 10.0. The molecule has 4 aromatic rings. The largest absolute Gasteiger partial charge is 0.490 e. The number of aromatic amines is 1. The van der Waals surface area contributed by atoms with Gasteiger partial charge in [0, 0.05) is 42.4 Å². The van der Waals surface area contributed by atoms with Crippen LogP contribution in [0.2, 0.25) is 0 Å². The summed E-state index contributed by atoms with van der Waals surface area (Å²) in [6.45, 7) is 7.38. The standard InChI is InChI=1S/C26H31N9O3/c1-3-37-23-20(8-9-22(24(23)38-4-2)35-17-27-16-28-35)15-34-12-10-21(11-13-34)29-26(36)19-7-5-6-18(14-19)25-30-32-33-31-25/h5-9,14,16-17,21H,3-4,10-13,15H2,1-2H3,(H,29,36)(H,30,31,32,33). The van der Waals surface area contributed by atoms with Crippen LogP contribution in [0, 0.1) is 0 Å². The molecular weight excluding hydrogens is 486 g/mol. The number of hydrogen-bond acceptors (Lipinski definition) is 9. The maximum atomic E-state index is 12.9. The molecule has 0 radical (unpaired) electrons. The third-order valence-electron chi connectivity index (χ3n) is 6.46. The van der Waals surface area contributed by atoms with Crippen LogP contribution in [0.15, 0.2) is 49.1 Å². The molecule has 0 atom stereocenters. The number of piperidine rings is 1. The summed E-state index contributed by atoms with van der Waals surface area (Å²) in [4.78, 5) is 19.4. The molecule has 0 spiro atoms. The number of amides is 1. The van der Waals surface area contributed by atoms with Crippen LogP contribution in [0.1, 0.15) is 42.6 Å². The number of likely N-dealkylation sites (tertiary alicyclic amines) is 1. The first-order valence-corrected chi connectivity index (χ1v) is 12.8. The molecule has 12 heteroatoms. The van der Waals surface area contributed by atoms with Crippen LogP contribution < -0.4 is 14.8 Å². The van der Waals surface area contributed by atoms with E-state index in [9.17, 15) is 4.79 Å². The van der Waals surface area contributed by atoms with Gasteiger partial charge in [-0.2, -0.15) is 10.3 Å². The summed E-state index contributed by atoms with van der Waals surface area (Å²) < 4.78 is 13.8. The highest BCUT2D eigenvalue weighted by atomic mass is 16.5. The van der Waals surface area contributed by atoms with Crippen molar-refractivity contribution in [1.82, 2.24) is 45.6 Å². The van der Waals surface area contributed by atoms with E-state index < -0.39 is 0 Å². The molecule has 0 unspecified atom stereocenters. The molecule has 1 amide bonds. The second-order valence-electron chi connectivity index (χ2n) is 8.95. The fourth-order valence-electron chi connectivity index (χ4n) is 4.65. The number of tetrazole rings is 1. The Morgan fingerprint density at radius 2 is 1.92 bits per heavy atom. The Balaban J connectivity index is 1.23. The first kappa shape index (κ1) is 25.3. The van der Waals surface area contributed by atoms with Gasteiger partial charge in [0.15, 0.2) is 11.5 Å². The van der Waals surface area contributed by atoms with Gasteiger partial charge in [-0.25, -0.2) is 9.67 Å². The smallest absolute Gasteiger partial charge is 0.251 e. The van der Waals surface area contributed by atoms with E-state index in [4.69, 9.17) is 9.47 Å². The van der Waals surface area contributed by atoms with Crippen molar-refractivity contribution in [3.63, 3.8) is 0 Å². The van der Waals surface area contributed by atoms with Crippen LogP contribution in [-0.2, 0) is 6.54 Å². The molecule has 1 fully saturated rings. The van der Waals surface area contributed by atoms with Gasteiger partial charge in [-0.3, -0.25) is 9.69 Å². The molecule has 1 aliphatic heterocycles. The second kappa shape index (κ2) is 11.8. The number of hydrogen-bond donors (Lipinski definition) is 2. The molecule has 2 N–H and O–H groups in total. The number of H-pyrrole nitrogens is 1. The lowest BCUT2D eigenvalue weighted by Crippen LogP contribution is -2.44. The third-order valence-corrected chi connectivity index (χ3v) is 6.46. The lowest BCUT2D eigenvalue weighted by Gasteiger charge is -2.33. The van der Waals surface area contributed by atoms with Gasteiger partial charge in [-0.15, -0.1) is 10.2 Å². The van der Waals surface area contributed by atoms with Crippen molar-refractivity contribution in [2.75, 3.05) is 26.3 Å². The fourth-order valence-corrected chi connectivity index (χ4v) is 4.65. The van der Waals surface area contributed by atoms with Crippen molar-refractivity contribution in [3.8, 4) is 28.6 Å². The number of nitrogens with zero attached hydrogens (tertiary/aromatic N) is 7. The van der Waals surface area contributed by atoms with Crippen molar-refractivity contribution in [3.05, 3.63) is 60.2 Å². The van der Waals surface area contributed by atoms with Gasteiger partial charge in [0.2, 0.25) is 5.82 Å². The molecule has 0 saturated carbocycles. The van der Waals surface area contributed by atoms with E-state index in [-0.39, 0.29) is 11.9 Å². The molecule has 38 heavy (non-hydrogen) atoms. The van der Waals surface area contributed by atoms with Crippen molar-refractivity contribution in [1.29, 1.82) is 0 Å². The van der Waals surface area contributed by atoms with Crippen molar-refractivity contribution in [2.24, 2.45) is 0 Å². The molecule has 1 saturated heterocycles. The summed E-state index contributed by atoms with van der Waals surface area (Å²) >= 11 is 0. The number of carbonyl (C=O) groups is 1. The highest BCUT2D eigenvalue weighted by Crippen LogP contribution is 2.38. The van der Waals surface area contributed by atoms with Crippen LogP contribution in [-0.4, -0.2) is 78.5 Å². The fraction of sp³-hybridized carbons (Fsp3) is 0.385. The number of ether oxygens (including phenoxy) is 2. The van der Waals surface area contributed by atoms with Gasteiger partial charge >= 0.3 is 0 Å². The first-order chi connectivity index (χ1) is 18.7. The number of benzene rings is 2. The quantitative estimate of drug-likeness (QED) is 0.325. The zero-order valence-electron chi connectivity index (χ0n) is 21.5. The highest BCUT2D eigenvalue weighted by molar-refractivity contribution is 5.95. The number of rotatable bonds is 10. The summed E-state index contributed by atoms with van der Waals surface area (Å²) in [6.07, 6.45) is 4.86. The summed E-state index contributed by atoms with van der Waals surface area (Å²) in [5.41, 5.74) is 3.17. The molecule has 5 rings (SSSR count). The lowest BCUT2D eigenvalue weighted by molar-refractivity contribution is 0.0908. The average Bonchev–Trinajstić information content (AvgIpc) is 3.67. The molecule has 0 bridgehead atoms. The molecule has 198 valence electrons. The third kappa shape index (κ3) is 5.65. The Kier molecular flexibility index (Phi) is 7.88. The predicted octanol–water partition coefficient (Wildman–Crippen LogP) is 2.64. The molecule has 3 heterocycles. The minimum atomic E-state index is -0.0996. The maximum Gasteiger partial charge on any atom is 0.251 e. The Morgan fingerprint density at radius 3 is 2.63 bits per heavy atom. The number of aromatic nitrogens is 7. The van der Waals surface area contributed by atoms with Crippen LogP contribution in [0.4, 0.5) is 0 Å². The molecule has 2 aromatic carbocycles. The van der Waals surface area contributed by atoms with Gasteiger partial charge in [0.1, 0.15) is 18.3 Å². The van der Waals surface area contributed by atoms with Gasteiger partial charge in [-0.05, 0) is 50.1 Å². The Hall–Kier alpha value is -4.32. The van der Waals surface area contributed by atoms with Crippen molar-refractivity contribution in [2.45, 2.75) is 39.3 Å². The van der Waals surface area contributed by atoms with E-state index in [2.05, 4.69) is 47.0 Å². The van der Waals surface area contributed by atoms with E-state index >= 15 is 0 Å². The summed E-state index contributed by atoms with van der Waals surface area (Å²) in [7, 11) is 0. The Labute approximate surface area is 220 Å². The topological polar surface area (TPSA) is 136 Å². The summed E-state index contributed by atoms with van der Waals surface area (Å²) in [5, 5.41) is 21.4. The summed E-state index contributed by atoms with van der Waals surface area (Å²) in [6, 6.07) is 11.4. The maximum absolute atomic E-state index is 12.9. The van der Waals surface area contributed by atoms with Gasteiger partial charge in [-0.1, -0.05) is 18.2 Å². The normalized spacial score (nSPS) is 14.4. The zero-order valence-corrected chi connectivity index (χ0v) is 21.5. The average molecular weight is 518 g/mol. The van der Waals surface area contributed by atoms with E-state index in [1.165, 1.54) is 6.33 Å². The second-order valence-corrected chi connectivity index (χ2v) is 8.95. The minimum absolute atomic E-state index is 0.0996. The molecule has 1 aliphatic rings. The monoisotopic (exact) mass is 517 g/mol. The van der Waals surface area contributed by atoms with Crippen molar-refractivity contribution >= 4 is 5.91 Å². The zero-order chi connectivity index (χ0) is 26.3. The van der Waals surface area contributed by atoms with E-state index in [0.29, 0.717) is 30.4 Å². The van der Waals surface area contributed by atoms with Crippen LogP contribution in [0.25, 0.3) is 17.1 Å². The highest BCUT2D eigenvalue weighted by Gasteiger charge is 2.24. The van der Waals surface area contributed by atoms with Crippen LogP contribution in [0.5, 0.6) is 11.5 Å². The van der Waals surface area contributed by atoms with Crippen molar-refractivity contribution < 1.29 is 14.3 Å². The van der Waals surface area contributed by atoms with Gasteiger partial charge < -0.3 is 14.8 Å². The summed E-state index contributed by atoms with van der Waals surface area (Å²) in [5.74, 6) is 1.76. The predicted molar refractivity (Wildman–Crippen MR) is 139 cm³/mol. The first-order valence-electron chi connectivity index (χ1n) is 12.8. The van der Waals surface area contributed by atoms with Gasteiger partial charge in [0.05, 0.1) is 13.2 Å². The van der Waals surface area contributed by atoms with E-state index in [1.54, 1.807) is 23.1 Å². The Bertz CT molecular complexity index is 1330. The van der Waals surface area contributed by atoms with Gasteiger partial charge in [0.25, 0.3) is 5.91 Å². The molecule has 0 aliphatic carbocycles. The molecular formula is C26H31N9O3. The minimum Gasteiger partial charge on any atom is -0.490 e. The SMILES string of the molecule is CCOc1c(CN2CCC(NC(=O)c3cccc(-c4nn[nH]n4)c3)CC2)ccc(-n2cncn2)c1OCC. The van der Waals surface area contributed by atoms with Crippen LogP contribution in [0.3, 0.4) is 0 Å².